The number of aryl methyl sites for hydroxylation is 1. The molecular weight excluding hydrogens is 340 g/mol. The van der Waals surface area contributed by atoms with Crippen LogP contribution in [-0.4, -0.2) is 68.6 Å². The van der Waals surface area contributed by atoms with Gasteiger partial charge in [0.2, 0.25) is 11.1 Å². The third-order valence-electron chi connectivity index (χ3n) is 4.53. The fourth-order valence-corrected chi connectivity index (χ4v) is 3.76. The van der Waals surface area contributed by atoms with Gasteiger partial charge in [-0.1, -0.05) is 18.7 Å². The zero-order valence-corrected chi connectivity index (χ0v) is 15.6. The van der Waals surface area contributed by atoms with Crippen LogP contribution < -0.4 is 5.84 Å². The van der Waals surface area contributed by atoms with Crippen LogP contribution in [0.1, 0.15) is 19.6 Å². The van der Waals surface area contributed by atoms with Crippen molar-refractivity contribution < 1.29 is 9.21 Å². The van der Waals surface area contributed by atoms with Crippen molar-refractivity contribution in [2.45, 2.75) is 31.2 Å². The number of rotatable bonds is 5. The SMILES string of the molecule is CCN1CCN(C(=O)C(C)Sc2nnc(-c3ccoc3C)n2N)CC1. The van der Waals surface area contributed by atoms with Gasteiger partial charge in [0.15, 0.2) is 5.82 Å². The van der Waals surface area contributed by atoms with E-state index in [0.717, 1.165) is 44.0 Å². The zero-order chi connectivity index (χ0) is 18.0. The third-order valence-corrected chi connectivity index (χ3v) is 5.57. The molecule has 0 bridgehead atoms. The van der Waals surface area contributed by atoms with E-state index in [1.165, 1.54) is 16.4 Å². The average Bonchev–Trinajstić information content (AvgIpc) is 3.20. The summed E-state index contributed by atoms with van der Waals surface area (Å²) in [6, 6.07) is 1.80. The van der Waals surface area contributed by atoms with Gasteiger partial charge in [-0.05, 0) is 26.5 Å². The number of nitrogens with two attached hydrogens (primary N) is 1. The summed E-state index contributed by atoms with van der Waals surface area (Å²) in [5.41, 5.74) is 0.802. The number of likely N-dealkylation sites (N-methyl/N-ethyl adjacent to an activating group) is 1. The molecular formula is C16H24N6O2S. The molecule has 25 heavy (non-hydrogen) atoms. The van der Waals surface area contributed by atoms with E-state index < -0.39 is 0 Å². The molecule has 8 nitrogen and oxygen atoms in total. The quantitative estimate of drug-likeness (QED) is 0.629. The van der Waals surface area contributed by atoms with Gasteiger partial charge in [0.05, 0.1) is 17.1 Å². The molecule has 0 spiro atoms. The first-order valence-electron chi connectivity index (χ1n) is 8.44. The Morgan fingerprint density at radius 1 is 1.36 bits per heavy atom. The summed E-state index contributed by atoms with van der Waals surface area (Å²) >= 11 is 1.33. The first-order valence-corrected chi connectivity index (χ1v) is 9.32. The predicted octanol–water partition coefficient (Wildman–Crippen LogP) is 1.21. The van der Waals surface area contributed by atoms with E-state index >= 15 is 0 Å². The van der Waals surface area contributed by atoms with Crippen molar-refractivity contribution in [2.75, 3.05) is 38.6 Å². The maximum atomic E-state index is 12.7. The highest BCUT2D eigenvalue weighted by Gasteiger charge is 2.27. The summed E-state index contributed by atoms with van der Waals surface area (Å²) in [5, 5.41) is 8.53. The van der Waals surface area contributed by atoms with Crippen LogP contribution in [0.15, 0.2) is 21.9 Å². The van der Waals surface area contributed by atoms with Crippen LogP contribution in [0.5, 0.6) is 0 Å². The van der Waals surface area contributed by atoms with E-state index in [1.807, 2.05) is 18.7 Å². The number of hydrogen-bond donors (Lipinski definition) is 1. The zero-order valence-electron chi connectivity index (χ0n) is 14.8. The Morgan fingerprint density at radius 3 is 2.68 bits per heavy atom. The lowest BCUT2D eigenvalue weighted by Gasteiger charge is -2.35. The number of nitrogen functional groups attached to an aromatic ring is 1. The number of carbonyl (C=O) groups is 1. The van der Waals surface area contributed by atoms with Crippen molar-refractivity contribution in [1.29, 1.82) is 0 Å². The van der Waals surface area contributed by atoms with E-state index in [9.17, 15) is 4.79 Å². The Balaban J connectivity index is 1.65. The minimum atomic E-state index is -0.266. The van der Waals surface area contributed by atoms with E-state index in [2.05, 4.69) is 22.0 Å². The normalized spacial score (nSPS) is 17.0. The second-order valence-corrected chi connectivity index (χ2v) is 7.39. The molecule has 0 aliphatic carbocycles. The Labute approximate surface area is 151 Å². The minimum absolute atomic E-state index is 0.116. The van der Waals surface area contributed by atoms with Gasteiger partial charge in [-0.25, -0.2) is 4.68 Å². The Morgan fingerprint density at radius 2 is 2.08 bits per heavy atom. The van der Waals surface area contributed by atoms with E-state index in [4.69, 9.17) is 10.3 Å². The predicted molar refractivity (Wildman–Crippen MR) is 96.6 cm³/mol. The summed E-state index contributed by atoms with van der Waals surface area (Å²) < 4.78 is 6.71. The maximum absolute atomic E-state index is 12.7. The van der Waals surface area contributed by atoms with Crippen LogP contribution in [0.4, 0.5) is 0 Å². The van der Waals surface area contributed by atoms with Crippen molar-refractivity contribution >= 4 is 17.7 Å². The molecule has 2 aromatic heterocycles. The molecule has 2 aromatic rings. The second kappa shape index (κ2) is 7.49. The molecule has 9 heteroatoms. The van der Waals surface area contributed by atoms with Crippen LogP contribution in [0, 0.1) is 6.92 Å². The van der Waals surface area contributed by atoms with Crippen molar-refractivity contribution in [3.05, 3.63) is 18.1 Å². The third kappa shape index (κ3) is 3.67. The molecule has 2 N–H and O–H groups in total. The average molecular weight is 364 g/mol. The van der Waals surface area contributed by atoms with Gasteiger partial charge in [-0.3, -0.25) is 4.79 Å². The maximum Gasteiger partial charge on any atom is 0.235 e. The van der Waals surface area contributed by atoms with Crippen molar-refractivity contribution in [2.24, 2.45) is 0 Å². The van der Waals surface area contributed by atoms with Crippen molar-refractivity contribution in [3.63, 3.8) is 0 Å². The lowest BCUT2D eigenvalue weighted by molar-refractivity contribution is -0.132. The highest BCUT2D eigenvalue weighted by Crippen LogP contribution is 2.27. The molecule has 1 saturated heterocycles. The van der Waals surface area contributed by atoms with E-state index in [0.29, 0.717) is 11.0 Å². The molecule has 3 heterocycles. The molecule has 136 valence electrons. The summed E-state index contributed by atoms with van der Waals surface area (Å²) in [6.45, 7) is 10.3. The van der Waals surface area contributed by atoms with Crippen LogP contribution in [0.2, 0.25) is 0 Å². The van der Waals surface area contributed by atoms with E-state index in [-0.39, 0.29) is 11.2 Å². The largest absolute Gasteiger partial charge is 0.469 e. The molecule has 1 aliphatic heterocycles. The van der Waals surface area contributed by atoms with Crippen molar-refractivity contribution in [1.82, 2.24) is 24.7 Å². The lowest BCUT2D eigenvalue weighted by atomic mass is 10.2. The van der Waals surface area contributed by atoms with Gasteiger partial charge in [-0.2, -0.15) is 0 Å². The Kier molecular flexibility index (Phi) is 5.33. The Bertz CT molecular complexity index is 735. The molecule has 1 amide bonds. The van der Waals surface area contributed by atoms with Gasteiger partial charge in [0, 0.05) is 26.2 Å². The summed E-state index contributed by atoms with van der Waals surface area (Å²) in [5.74, 6) is 7.50. The van der Waals surface area contributed by atoms with Gasteiger partial charge >= 0.3 is 0 Å². The smallest absolute Gasteiger partial charge is 0.235 e. The summed E-state index contributed by atoms with van der Waals surface area (Å²) in [6.07, 6.45) is 1.59. The van der Waals surface area contributed by atoms with E-state index in [1.54, 1.807) is 12.3 Å². The number of thioether (sulfide) groups is 1. The van der Waals surface area contributed by atoms with Crippen LogP contribution in [0.25, 0.3) is 11.4 Å². The topological polar surface area (TPSA) is 93.4 Å². The summed E-state index contributed by atoms with van der Waals surface area (Å²) in [4.78, 5) is 16.9. The molecule has 1 unspecified atom stereocenters. The van der Waals surface area contributed by atoms with Gasteiger partial charge in [0.1, 0.15) is 5.76 Å². The molecule has 3 rings (SSSR count). The lowest BCUT2D eigenvalue weighted by Crippen LogP contribution is -2.50. The van der Waals surface area contributed by atoms with Gasteiger partial charge < -0.3 is 20.1 Å². The van der Waals surface area contributed by atoms with Gasteiger partial charge in [0.25, 0.3) is 0 Å². The van der Waals surface area contributed by atoms with Crippen LogP contribution in [-0.2, 0) is 4.79 Å². The minimum Gasteiger partial charge on any atom is -0.469 e. The summed E-state index contributed by atoms with van der Waals surface area (Å²) in [7, 11) is 0. The highest BCUT2D eigenvalue weighted by atomic mass is 32.2. The fourth-order valence-electron chi connectivity index (χ4n) is 2.91. The first kappa shape index (κ1) is 17.8. The number of aromatic nitrogens is 3. The standard InChI is InChI=1S/C16H24N6O2S/c1-4-20-6-8-21(9-7-20)15(23)12(3)25-16-19-18-14(22(16)17)13-5-10-24-11(13)2/h5,10,12H,4,6-9,17H2,1-3H3. The molecule has 1 aliphatic rings. The second-order valence-electron chi connectivity index (χ2n) is 6.09. The monoisotopic (exact) mass is 364 g/mol. The molecule has 1 fully saturated rings. The highest BCUT2D eigenvalue weighted by molar-refractivity contribution is 8.00. The Hall–Kier alpha value is -2.00. The molecule has 1 atom stereocenters. The molecule has 0 saturated carbocycles. The fraction of sp³-hybridized carbons (Fsp3) is 0.562. The number of piperazine rings is 1. The number of carbonyl (C=O) groups excluding carboxylic acids is 1. The van der Waals surface area contributed by atoms with Crippen molar-refractivity contribution in [3.8, 4) is 11.4 Å². The van der Waals surface area contributed by atoms with Gasteiger partial charge in [-0.15, -0.1) is 10.2 Å². The van der Waals surface area contributed by atoms with Crippen LogP contribution in [0.3, 0.4) is 0 Å². The number of amides is 1. The number of furan rings is 1. The number of nitrogens with zero attached hydrogens (tertiary/aromatic N) is 5. The molecule has 0 radical (unpaired) electrons. The van der Waals surface area contributed by atoms with Crippen LogP contribution >= 0.6 is 11.8 Å². The first-order chi connectivity index (χ1) is 12.0. The number of hydrogen-bond acceptors (Lipinski definition) is 7. The molecule has 0 aromatic carbocycles.